The maximum absolute atomic E-state index is 13.0. The van der Waals surface area contributed by atoms with E-state index in [1.807, 2.05) is 12.1 Å². The Hall–Kier alpha value is -2.64. The summed E-state index contributed by atoms with van der Waals surface area (Å²) in [6.07, 6.45) is -1.45. The molecule has 0 spiro atoms. The lowest BCUT2D eigenvalue weighted by Gasteiger charge is -2.33. The lowest BCUT2D eigenvalue weighted by molar-refractivity contribution is -0.141. The predicted octanol–water partition coefficient (Wildman–Crippen LogP) is 3.82. The predicted molar refractivity (Wildman–Crippen MR) is 102 cm³/mol. The van der Waals surface area contributed by atoms with Crippen LogP contribution in [0, 0.1) is 12.8 Å². The van der Waals surface area contributed by atoms with E-state index >= 15 is 0 Å². The number of alkyl halides is 3. The molecule has 1 amide bonds. The Morgan fingerprint density at radius 1 is 1.14 bits per heavy atom. The van der Waals surface area contributed by atoms with E-state index in [0.717, 1.165) is 18.9 Å². The van der Waals surface area contributed by atoms with E-state index in [1.54, 1.807) is 4.90 Å². The first-order valence-corrected chi connectivity index (χ1v) is 9.87. The van der Waals surface area contributed by atoms with E-state index in [9.17, 15) is 18.0 Å². The van der Waals surface area contributed by atoms with Gasteiger partial charge in [-0.1, -0.05) is 24.3 Å². The zero-order chi connectivity index (χ0) is 20.6. The van der Waals surface area contributed by atoms with Crippen molar-refractivity contribution >= 4 is 11.7 Å². The van der Waals surface area contributed by atoms with Gasteiger partial charge in [0.05, 0.1) is 6.04 Å². The van der Waals surface area contributed by atoms with Crippen LogP contribution in [-0.4, -0.2) is 29.0 Å². The molecule has 2 aliphatic rings. The lowest BCUT2D eigenvalue weighted by atomic mass is 9.95. The van der Waals surface area contributed by atoms with Crippen LogP contribution < -0.4 is 10.2 Å². The zero-order valence-electron chi connectivity index (χ0n) is 16.2. The van der Waals surface area contributed by atoms with Crippen molar-refractivity contribution in [1.82, 2.24) is 15.3 Å². The molecule has 0 unspecified atom stereocenters. The third-order valence-electron chi connectivity index (χ3n) is 5.75. The maximum atomic E-state index is 13.0. The number of carbonyl (C=O) groups is 1. The van der Waals surface area contributed by atoms with Gasteiger partial charge in [-0.2, -0.15) is 13.2 Å². The Bertz CT molecular complexity index is 907. The molecule has 154 valence electrons. The standard InChI is InChI=1S/C21H23F3N4O/c1-13-25-18(21(22,23)24)12-19(26-13)28-10-8-15(9-11-28)20(29)27-17-7-6-14-4-2-3-5-16(14)17/h2-5,12,15,17H,6-11H2,1H3,(H,27,29)/t17-/m0/s1. The number of nitrogens with zero attached hydrogens (tertiary/aromatic N) is 3. The lowest BCUT2D eigenvalue weighted by Crippen LogP contribution is -2.41. The van der Waals surface area contributed by atoms with Gasteiger partial charge in [-0.05, 0) is 43.7 Å². The highest BCUT2D eigenvalue weighted by Gasteiger charge is 2.35. The summed E-state index contributed by atoms with van der Waals surface area (Å²) in [6.45, 7) is 2.44. The normalized spacial score (nSPS) is 19.9. The highest BCUT2D eigenvalue weighted by atomic mass is 19.4. The number of amides is 1. The summed E-state index contributed by atoms with van der Waals surface area (Å²) in [6, 6.07) is 9.20. The third kappa shape index (κ3) is 4.21. The summed E-state index contributed by atoms with van der Waals surface area (Å²) < 4.78 is 39.1. The number of rotatable bonds is 3. The van der Waals surface area contributed by atoms with Crippen LogP contribution in [0.4, 0.5) is 19.0 Å². The highest BCUT2D eigenvalue weighted by molar-refractivity contribution is 5.79. The summed E-state index contributed by atoms with van der Waals surface area (Å²) in [5.74, 6) is 0.258. The number of fused-ring (bicyclic) bond motifs is 1. The molecule has 1 aliphatic heterocycles. The number of piperidine rings is 1. The highest BCUT2D eigenvalue weighted by Crippen LogP contribution is 2.33. The van der Waals surface area contributed by atoms with E-state index in [0.29, 0.717) is 25.9 Å². The molecule has 4 rings (SSSR count). The molecule has 2 heterocycles. The first kappa shape index (κ1) is 19.7. The number of halogens is 3. The summed E-state index contributed by atoms with van der Waals surface area (Å²) >= 11 is 0. The minimum atomic E-state index is -4.50. The van der Waals surface area contributed by atoms with Crippen molar-refractivity contribution in [2.45, 2.75) is 44.8 Å². The Morgan fingerprint density at radius 2 is 1.86 bits per heavy atom. The van der Waals surface area contributed by atoms with Crippen molar-refractivity contribution in [3.8, 4) is 0 Å². The first-order valence-electron chi connectivity index (χ1n) is 9.87. The first-order chi connectivity index (χ1) is 13.8. The molecule has 0 radical (unpaired) electrons. The van der Waals surface area contributed by atoms with Crippen molar-refractivity contribution < 1.29 is 18.0 Å². The number of carbonyl (C=O) groups excluding carboxylic acids is 1. The molecule has 2 aromatic rings. The smallest absolute Gasteiger partial charge is 0.356 e. The van der Waals surface area contributed by atoms with Gasteiger partial charge in [0, 0.05) is 25.1 Å². The number of hydrogen-bond acceptors (Lipinski definition) is 4. The van der Waals surface area contributed by atoms with E-state index in [1.165, 1.54) is 18.1 Å². The molecule has 1 atom stereocenters. The van der Waals surface area contributed by atoms with Crippen LogP contribution in [0.15, 0.2) is 30.3 Å². The van der Waals surface area contributed by atoms with Gasteiger partial charge >= 0.3 is 6.18 Å². The fourth-order valence-corrected chi connectivity index (χ4v) is 4.23. The molecule has 1 N–H and O–H groups in total. The van der Waals surface area contributed by atoms with Gasteiger partial charge in [-0.25, -0.2) is 9.97 Å². The second-order valence-corrected chi connectivity index (χ2v) is 7.72. The van der Waals surface area contributed by atoms with Crippen molar-refractivity contribution in [2.75, 3.05) is 18.0 Å². The molecule has 1 saturated heterocycles. The summed E-state index contributed by atoms with van der Waals surface area (Å²) in [5, 5.41) is 3.17. The van der Waals surface area contributed by atoms with Crippen LogP contribution in [0.2, 0.25) is 0 Å². The van der Waals surface area contributed by atoms with Gasteiger partial charge in [0.25, 0.3) is 0 Å². The fourth-order valence-electron chi connectivity index (χ4n) is 4.23. The van der Waals surface area contributed by atoms with E-state index in [4.69, 9.17) is 0 Å². The van der Waals surface area contributed by atoms with Crippen LogP contribution in [0.3, 0.4) is 0 Å². The minimum absolute atomic E-state index is 0.0289. The molecule has 1 aromatic heterocycles. The van der Waals surface area contributed by atoms with Gasteiger partial charge in [0.2, 0.25) is 5.91 Å². The Morgan fingerprint density at radius 3 is 2.59 bits per heavy atom. The van der Waals surface area contributed by atoms with E-state index < -0.39 is 11.9 Å². The molecule has 0 saturated carbocycles. The fraction of sp³-hybridized carbons (Fsp3) is 0.476. The number of aromatic nitrogens is 2. The minimum Gasteiger partial charge on any atom is -0.356 e. The van der Waals surface area contributed by atoms with Gasteiger partial charge < -0.3 is 10.2 Å². The Balaban J connectivity index is 1.38. The van der Waals surface area contributed by atoms with Crippen molar-refractivity contribution in [1.29, 1.82) is 0 Å². The molecular formula is C21H23F3N4O. The summed E-state index contributed by atoms with van der Waals surface area (Å²) in [4.78, 5) is 22.2. The summed E-state index contributed by atoms with van der Waals surface area (Å²) in [5.41, 5.74) is 1.54. The zero-order valence-corrected chi connectivity index (χ0v) is 16.2. The maximum Gasteiger partial charge on any atom is 0.433 e. The summed E-state index contributed by atoms with van der Waals surface area (Å²) in [7, 11) is 0. The molecule has 8 heteroatoms. The molecule has 5 nitrogen and oxygen atoms in total. The van der Waals surface area contributed by atoms with Crippen LogP contribution in [0.1, 0.15) is 47.9 Å². The largest absolute Gasteiger partial charge is 0.433 e. The van der Waals surface area contributed by atoms with Crippen molar-refractivity contribution in [3.05, 3.63) is 53.0 Å². The van der Waals surface area contributed by atoms with E-state index in [-0.39, 0.29) is 29.5 Å². The van der Waals surface area contributed by atoms with Gasteiger partial charge in [-0.3, -0.25) is 4.79 Å². The molecule has 29 heavy (non-hydrogen) atoms. The number of benzene rings is 1. The van der Waals surface area contributed by atoms with Gasteiger partial charge in [0.1, 0.15) is 17.3 Å². The number of anilines is 1. The molecule has 0 bridgehead atoms. The monoisotopic (exact) mass is 404 g/mol. The number of hydrogen-bond donors (Lipinski definition) is 1. The molecule has 1 fully saturated rings. The van der Waals surface area contributed by atoms with Gasteiger partial charge in [0.15, 0.2) is 0 Å². The SMILES string of the molecule is Cc1nc(N2CCC(C(=O)N[C@H]3CCc4ccccc43)CC2)cc(C(F)(F)F)n1. The second kappa shape index (κ2) is 7.65. The molecule has 1 aliphatic carbocycles. The average Bonchev–Trinajstić information content (AvgIpc) is 3.10. The van der Waals surface area contributed by atoms with Crippen molar-refractivity contribution in [3.63, 3.8) is 0 Å². The van der Waals surface area contributed by atoms with Crippen LogP contribution in [0.25, 0.3) is 0 Å². The second-order valence-electron chi connectivity index (χ2n) is 7.72. The Labute approximate surface area is 167 Å². The topological polar surface area (TPSA) is 58.1 Å². The van der Waals surface area contributed by atoms with E-state index in [2.05, 4.69) is 27.4 Å². The average molecular weight is 404 g/mol. The molecule has 1 aromatic carbocycles. The van der Waals surface area contributed by atoms with Crippen LogP contribution in [0.5, 0.6) is 0 Å². The van der Waals surface area contributed by atoms with Crippen LogP contribution in [-0.2, 0) is 17.4 Å². The Kier molecular flexibility index (Phi) is 5.19. The van der Waals surface area contributed by atoms with Crippen molar-refractivity contribution in [2.24, 2.45) is 5.92 Å². The third-order valence-corrected chi connectivity index (χ3v) is 5.75. The van der Waals surface area contributed by atoms with Crippen LogP contribution >= 0.6 is 0 Å². The number of nitrogens with one attached hydrogen (secondary N) is 1. The van der Waals surface area contributed by atoms with Gasteiger partial charge in [-0.15, -0.1) is 0 Å². The quantitative estimate of drug-likeness (QED) is 0.845. The number of aryl methyl sites for hydroxylation is 2. The molecular weight excluding hydrogens is 381 g/mol.